The highest BCUT2D eigenvalue weighted by Gasteiger charge is 1.99. The molecular weight excluding hydrogens is 150 g/mol. The summed E-state index contributed by atoms with van der Waals surface area (Å²) in [6, 6.07) is 0. The number of hydrogen-bond acceptors (Lipinski definition) is 2. The molecule has 0 aliphatic heterocycles. The van der Waals surface area contributed by atoms with Crippen LogP contribution in [0.25, 0.3) is 6.08 Å². The van der Waals surface area contributed by atoms with Crippen LogP contribution in [0.2, 0.25) is 0 Å². The molecule has 3 nitrogen and oxygen atoms in total. The quantitative estimate of drug-likeness (QED) is 0.538. The summed E-state index contributed by atoms with van der Waals surface area (Å²) in [4.78, 5) is 0. The molecule has 0 radical (unpaired) electrons. The van der Waals surface area contributed by atoms with Crippen molar-refractivity contribution < 1.29 is 0 Å². The minimum atomic E-state index is 0.992. The van der Waals surface area contributed by atoms with E-state index in [0.717, 1.165) is 17.7 Å². The van der Waals surface area contributed by atoms with Gasteiger partial charge in [0.2, 0.25) is 0 Å². The van der Waals surface area contributed by atoms with Crippen LogP contribution >= 0.6 is 0 Å². The Balaban J connectivity index is 3.01. The molecule has 0 spiro atoms. The van der Waals surface area contributed by atoms with Crippen LogP contribution in [0.4, 0.5) is 0 Å². The standard InChI is InChI=1S/C9H13N3/c1-3-4-5-9-8(2)6-11-12(9)7-10/h4-7,10H,3H2,1-2H3/b5-4-,10-7?. The Labute approximate surface area is 72.2 Å². The molecular formula is C9H13N3. The van der Waals surface area contributed by atoms with Gasteiger partial charge >= 0.3 is 0 Å². The highest BCUT2D eigenvalue weighted by Crippen LogP contribution is 2.07. The minimum Gasteiger partial charge on any atom is -0.289 e. The van der Waals surface area contributed by atoms with Crippen molar-refractivity contribution in [1.29, 1.82) is 5.41 Å². The van der Waals surface area contributed by atoms with Gasteiger partial charge in [0, 0.05) is 0 Å². The Morgan fingerprint density at radius 3 is 3.00 bits per heavy atom. The molecule has 12 heavy (non-hydrogen) atoms. The van der Waals surface area contributed by atoms with Gasteiger partial charge in [0.15, 0.2) is 0 Å². The molecule has 1 heterocycles. The number of aromatic nitrogens is 2. The SMILES string of the molecule is CC/C=C\c1c(C)cnn1C=N. The van der Waals surface area contributed by atoms with Gasteiger partial charge in [0.25, 0.3) is 0 Å². The van der Waals surface area contributed by atoms with Crippen LogP contribution in [0.15, 0.2) is 12.3 Å². The van der Waals surface area contributed by atoms with E-state index < -0.39 is 0 Å². The van der Waals surface area contributed by atoms with Gasteiger partial charge in [0.1, 0.15) is 6.34 Å². The van der Waals surface area contributed by atoms with Crippen molar-refractivity contribution in [2.45, 2.75) is 20.3 Å². The Bertz CT molecular complexity index is 297. The summed E-state index contributed by atoms with van der Waals surface area (Å²) in [6.45, 7) is 4.07. The van der Waals surface area contributed by atoms with E-state index in [2.05, 4.69) is 18.1 Å². The van der Waals surface area contributed by atoms with Crippen LogP contribution in [0.1, 0.15) is 24.6 Å². The Morgan fingerprint density at radius 1 is 1.67 bits per heavy atom. The molecule has 1 aromatic rings. The number of hydrogen-bond donors (Lipinski definition) is 1. The Hall–Kier alpha value is -1.38. The first kappa shape index (κ1) is 8.71. The first-order valence-corrected chi connectivity index (χ1v) is 4.00. The summed E-state index contributed by atoms with van der Waals surface area (Å²) in [5.41, 5.74) is 2.09. The van der Waals surface area contributed by atoms with Crippen LogP contribution in [0, 0.1) is 12.3 Å². The first-order valence-electron chi connectivity index (χ1n) is 4.00. The molecule has 0 saturated carbocycles. The van der Waals surface area contributed by atoms with Gasteiger partial charge in [-0.05, 0) is 25.0 Å². The zero-order valence-electron chi connectivity index (χ0n) is 7.41. The summed E-state index contributed by atoms with van der Waals surface area (Å²) < 4.78 is 1.56. The lowest BCUT2D eigenvalue weighted by molar-refractivity contribution is 0.938. The highest BCUT2D eigenvalue weighted by atomic mass is 15.3. The topological polar surface area (TPSA) is 41.7 Å². The Morgan fingerprint density at radius 2 is 2.42 bits per heavy atom. The van der Waals surface area contributed by atoms with Crippen LogP contribution in [-0.2, 0) is 0 Å². The third kappa shape index (κ3) is 1.61. The average Bonchev–Trinajstić information content (AvgIpc) is 2.43. The van der Waals surface area contributed by atoms with Crippen LogP contribution in [-0.4, -0.2) is 16.1 Å². The predicted molar refractivity (Wildman–Crippen MR) is 50.5 cm³/mol. The van der Waals surface area contributed by atoms with E-state index in [0.29, 0.717) is 0 Å². The van der Waals surface area contributed by atoms with E-state index in [9.17, 15) is 0 Å². The largest absolute Gasteiger partial charge is 0.289 e. The maximum atomic E-state index is 7.07. The minimum absolute atomic E-state index is 0.992. The third-order valence-corrected chi connectivity index (χ3v) is 1.66. The van der Waals surface area contributed by atoms with E-state index in [4.69, 9.17) is 5.41 Å². The zero-order valence-corrected chi connectivity index (χ0v) is 7.41. The molecule has 1 aromatic heterocycles. The number of nitrogens with one attached hydrogen (secondary N) is 1. The second kappa shape index (κ2) is 3.85. The summed E-state index contributed by atoms with van der Waals surface area (Å²) in [7, 11) is 0. The predicted octanol–water partition coefficient (Wildman–Crippen LogP) is 2.07. The fourth-order valence-corrected chi connectivity index (χ4v) is 0.998. The van der Waals surface area contributed by atoms with E-state index in [1.165, 1.54) is 6.34 Å². The average molecular weight is 163 g/mol. The molecule has 0 aliphatic rings. The van der Waals surface area contributed by atoms with Gasteiger partial charge in [0.05, 0.1) is 11.9 Å². The number of nitrogens with zero attached hydrogens (tertiary/aromatic N) is 2. The summed E-state index contributed by atoms with van der Waals surface area (Å²) in [6.07, 6.45) is 8.03. The molecule has 0 amide bonds. The first-order chi connectivity index (χ1) is 5.79. The molecule has 0 bridgehead atoms. The van der Waals surface area contributed by atoms with Crippen molar-refractivity contribution in [3.63, 3.8) is 0 Å². The van der Waals surface area contributed by atoms with Crippen molar-refractivity contribution in [3.8, 4) is 0 Å². The van der Waals surface area contributed by atoms with Crippen molar-refractivity contribution in [1.82, 2.24) is 9.78 Å². The lowest BCUT2D eigenvalue weighted by Crippen LogP contribution is -1.98. The van der Waals surface area contributed by atoms with E-state index >= 15 is 0 Å². The highest BCUT2D eigenvalue weighted by molar-refractivity contribution is 5.62. The summed E-state index contributed by atoms with van der Waals surface area (Å²) >= 11 is 0. The van der Waals surface area contributed by atoms with Gasteiger partial charge in [-0.2, -0.15) is 5.10 Å². The van der Waals surface area contributed by atoms with Gasteiger partial charge in [-0.3, -0.25) is 5.41 Å². The van der Waals surface area contributed by atoms with Crippen LogP contribution in [0.5, 0.6) is 0 Å². The lowest BCUT2D eigenvalue weighted by atomic mass is 10.2. The molecule has 0 aromatic carbocycles. The van der Waals surface area contributed by atoms with Crippen molar-refractivity contribution in [2.24, 2.45) is 0 Å². The lowest BCUT2D eigenvalue weighted by Gasteiger charge is -1.94. The van der Waals surface area contributed by atoms with Gasteiger partial charge < -0.3 is 0 Å². The second-order valence-electron chi connectivity index (χ2n) is 2.60. The third-order valence-electron chi connectivity index (χ3n) is 1.66. The van der Waals surface area contributed by atoms with Crippen LogP contribution in [0.3, 0.4) is 0 Å². The smallest absolute Gasteiger partial charge is 0.109 e. The monoisotopic (exact) mass is 163 g/mol. The number of rotatable bonds is 3. The molecule has 3 heteroatoms. The van der Waals surface area contributed by atoms with Crippen molar-refractivity contribution >= 4 is 12.4 Å². The van der Waals surface area contributed by atoms with Gasteiger partial charge in [-0.15, -0.1) is 0 Å². The molecule has 64 valence electrons. The summed E-state index contributed by atoms with van der Waals surface area (Å²) in [5.74, 6) is 0. The molecule has 0 aliphatic carbocycles. The maximum absolute atomic E-state index is 7.07. The fraction of sp³-hybridized carbons (Fsp3) is 0.333. The maximum Gasteiger partial charge on any atom is 0.109 e. The summed E-state index contributed by atoms with van der Waals surface area (Å²) in [5, 5.41) is 11.1. The Kier molecular flexibility index (Phi) is 2.80. The van der Waals surface area contributed by atoms with Crippen molar-refractivity contribution in [2.75, 3.05) is 0 Å². The number of aryl methyl sites for hydroxylation is 1. The van der Waals surface area contributed by atoms with Gasteiger partial charge in [-0.1, -0.05) is 13.0 Å². The van der Waals surface area contributed by atoms with E-state index in [-0.39, 0.29) is 0 Å². The fourth-order valence-electron chi connectivity index (χ4n) is 0.998. The molecule has 1 rings (SSSR count). The second-order valence-corrected chi connectivity index (χ2v) is 2.60. The molecule has 0 fully saturated rings. The number of allylic oxidation sites excluding steroid dienone is 1. The molecule has 0 saturated heterocycles. The molecule has 1 N–H and O–H groups in total. The van der Waals surface area contributed by atoms with Crippen LogP contribution < -0.4 is 0 Å². The van der Waals surface area contributed by atoms with E-state index in [1.807, 2.05) is 13.0 Å². The van der Waals surface area contributed by atoms with Crippen molar-refractivity contribution in [3.05, 3.63) is 23.5 Å². The van der Waals surface area contributed by atoms with E-state index in [1.54, 1.807) is 10.9 Å². The van der Waals surface area contributed by atoms with Gasteiger partial charge in [-0.25, -0.2) is 4.68 Å². The molecule has 0 unspecified atom stereocenters. The normalized spacial score (nSPS) is 10.8. The zero-order chi connectivity index (χ0) is 8.97. The molecule has 0 atom stereocenters.